The number of carbonyl (C=O) groups excluding carboxylic acids is 2. The molecule has 0 radical (unpaired) electrons. The van der Waals surface area contributed by atoms with Gasteiger partial charge >= 0.3 is 0 Å². The lowest BCUT2D eigenvalue weighted by atomic mass is 10.2. The monoisotopic (exact) mass is 440 g/mol. The van der Waals surface area contributed by atoms with Crippen LogP contribution in [0.15, 0.2) is 53.0 Å². The van der Waals surface area contributed by atoms with E-state index in [1.54, 1.807) is 30.3 Å². The predicted molar refractivity (Wildman–Crippen MR) is 102 cm³/mol. The van der Waals surface area contributed by atoms with Gasteiger partial charge in [0.05, 0.1) is 4.47 Å². The number of hydrogen-bond donors (Lipinski definition) is 2. The quantitative estimate of drug-likeness (QED) is 0.645. The maximum Gasteiger partial charge on any atom is 0.279 e. The molecule has 6 nitrogen and oxygen atoms in total. The number of ether oxygens (including phenoxy) is 2. The van der Waals surface area contributed by atoms with E-state index < -0.39 is 17.9 Å². The molecule has 0 saturated carbocycles. The Morgan fingerprint density at radius 1 is 1.15 bits per heavy atom. The third-order valence-electron chi connectivity index (χ3n) is 3.26. The Hall–Kier alpha value is -2.25. The van der Waals surface area contributed by atoms with Gasteiger partial charge in [0.25, 0.3) is 11.8 Å². The highest BCUT2D eigenvalue weighted by molar-refractivity contribution is 9.10. The number of para-hydroxylation sites is 1. The van der Waals surface area contributed by atoms with Crippen LogP contribution < -0.4 is 20.3 Å². The van der Waals surface area contributed by atoms with Crippen molar-refractivity contribution < 1.29 is 19.1 Å². The summed E-state index contributed by atoms with van der Waals surface area (Å²) >= 11 is 9.13. The molecule has 0 aliphatic rings. The van der Waals surface area contributed by atoms with Crippen molar-refractivity contribution in [3.63, 3.8) is 0 Å². The first-order valence-corrected chi connectivity index (χ1v) is 9.05. The van der Waals surface area contributed by atoms with Crippen LogP contribution in [0.25, 0.3) is 0 Å². The van der Waals surface area contributed by atoms with Gasteiger partial charge in [-0.3, -0.25) is 20.4 Å². The summed E-state index contributed by atoms with van der Waals surface area (Å²) in [7, 11) is 0. The van der Waals surface area contributed by atoms with Gasteiger partial charge in [-0.25, -0.2) is 0 Å². The molecule has 8 heteroatoms. The first-order chi connectivity index (χ1) is 12.5. The minimum absolute atomic E-state index is 0.267. The van der Waals surface area contributed by atoms with Crippen molar-refractivity contribution >= 4 is 39.3 Å². The van der Waals surface area contributed by atoms with Gasteiger partial charge in [0.15, 0.2) is 12.7 Å². The number of hydrazine groups is 1. The van der Waals surface area contributed by atoms with E-state index in [-0.39, 0.29) is 6.61 Å². The van der Waals surface area contributed by atoms with Crippen LogP contribution in [0, 0.1) is 0 Å². The molecule has 0 aromatic heterocycles. The second-order valence-electron chi connectivity index (χ2n) is 5.23. The Kier molecular flexibility index (Phi) is 7.74. The normalized spacial score (nSPS) is 11.3. The van der Waals surface area contributed by atoms with E-state index in [4.69, 9.17) is 21.1 Å². The van der Waals surface area contributed by atoms with Gasteiger partial charge in [0.2, 0.25) is 0 Å². The summed E-state index contributed by atoms with van der Waals surface area (Å²) in [6.45, 7) is 1.55. The fourth-order valence-electron chi connectivity index (χ4n) is 1.97. The fourth-order valence-corrected chi connectivity index (χ4v) is 2.77. The van der Waals surface area contributed by atoms with Crippen LogP contribution in [0.2, 0.25) is 5.02 Å². The van der Waals surface area contributed by atoms with Gasteiger partial charge in [-0.1, -0.05) is 36.7 Å². The van der Waals surface area contributed by atoms with Crippen LogP contribution in [0.3, 0.4) is 0 Å². The van der Waals surface area contributed by atoms with Crippen LogP contribution in [0.5, 0.6) is 11.5 Å². The molecule has 0 fully saturated rings. The number of halogens is 2. The van der Waals surface area contributed by atoms with Crippen molar-refractivity contribution in [3.05, 3.63) is 58.0 Å². The van der Waals surface area contributed by atoms with Crippen LogP contribution in [-0.2, 0) is 9.59 Å². The van der Waals surface area contributed by atoms with E-state index in [0.717, 1.165) is 0 Å². The molecule has 0 bridgehead atoms. The maximum atomic E-state index is 12.1. The minimum atomic E-state index is -0.718. The molecule has 2 N–H and O–H groups in total. The fraction of sp³-hybridized carbons (Fsp3) is 0.222. The van der Waals surface area contributed by atoms with Gasteiger partial charge in [-0.15, -0.1) is 0 Å². The molecule has 0 aliphatic heterocycles. The van der Waals surface area contributed by atoms with Crippen LogP contribution in [0.1, 0.15) is 13.3 Å². The lowest BCUT2D eigenvalue weighted by Gasteiger charge is -2.17. The molecule has 0 heterocycles. The van der Waals surface area contributed by atoms with E-state index in [2.05, 4.69) is 26.8 Å². The highest BCUT2D eigenvalue weighted by atomic mass is 79.9. The second kappa shape index (κ2) is 10.0. The van der Waals surface area contributed by atoms with E-state index in [1.165, 1.54) is 0 Å². The van der Waals surface area contributed by atoms with Gasteiger partial charge in [-0.05, 0) is 52.7 Å². The van der Waals surface area contributed by atoms with Gasteiger partial charge in [0, 0.05) is 5.02 Å². The van der Waals surface area contributed by atoms with Gasteiger partial charge < -0.3 is 9.47 Å². The number of carbonyl (C=O) groups is 2. The summed E-state index contributed by atoms with van der Waals surface area (Å²) in [5, 5.41) is 0.546. The molecule has 2 aromatic rings. The Labute approximate surface area is 164 Å². The third-order valence-corrected chi connectivity index (χ3v) is 4.12. The zero-order valence-electron chi connectivity index (χ0n) is 14.0. The number of nitrogens with one attached hydrogen (secondary N) is 2. The Morgan fingerprint density at radius 2 is 1.88 bits per heavy atom. The molecule has 1 unspecified atom stereocenters. The highest BCUT2D eigenvalue weighted by Gasteiger charge is 2.19. The largest absolute Gasteiger partial charge is 0.483 e. The van der Waals surface area contributed by atoms with E-state index in [0.29, 0.717) is 27.4 Å². The van der Waals surface area contributed by atoms with Crippen molar-refractivity contribution in [1.29, 1.82) is 0 Å². The van der Waals surface area contributed by atoms with E-state index in [1.807, 2.05) is 25.1 Å². The number of hydrogen-bond acceptors (Lipinski definition) is 4. The molecule has 0 spiro atoms. The first-order valence-electron chi connectivity index (χ1n) is 7.88. The Bertz CT molecular complexity index is 758. The molecular weight excluding hydrogens is 424 g/mol. The summed E-state index contributed by atoms with van der Waals surface area (Å²) in [5.74, 6) is 0.0959. The van der Waals surface area contributed by atoms with Crippen molar-refractivity contribution in [2.45, 2.75) is 19.4 Å². The van der Waals surface area contributed by atoms with Crippen molar-refractivity contribution in [2.24, 2.45) is 0 Å². The lowest BCUT2D eigenvalue weighted by molar-refractivity contribution is -0.134. The molecule has 0 aliphatic carbocycles. The molecule has 2 rings (SSSR count). The average Bonchev–Trinajstić information content (AvgIpc) is 2.64. The van der Waals surface area contributed by atoms with Crippen molar-refractivity contribution in [3.8, 4) is 11.5 Å². The van der Waals surface area contributed by atoms with E-state index in [9.17, 15) is 9.59 Å². The van der Waals surface area contributed by atoms with Gasteiger partial charge in [-0.2, -0.15) is 0 Å². The maximum absolute atomic E-state index is 12.1. The summed E-state index contributed by atoms with van der Waals surface area (Å²) in [5.41, 5.74) is 4.64. The summed E-state index contributed by atoms with van der Waals surface area (Å²) < 4.78 is 11.6. The van der Waals surface area contributed by atoms with Crippen molar-refractivity contribution in [1.82, 2.24) is 10.9 Å². The smallest absolute Gasteiger partial charge is 0.279 e. The third kappa shape index (κ3) is 6.24. The highest BCUT2D eigenvalue weighted by Crippen LogP contribution is 2.27. The molecule has 2 amide bonds. The van der Waals surface area contributed by atoms with Crippen LogP contribution in [-0.4, -0.2) is 24.5 Å². The standard InChI is InChI=1S/C18H18BrClN2O4/c1-2-15(26-13-6-4-3-5-7-13)18(24)22-21-17(23)11-25-16-9-8-12(20)10-14(16)19/h3-10,15H,2,11H2,1H3,(H,21,23)(H,22,24). The second-order valence-corrected chi connectivity index (χ2v) is 6.52. The molecular formula is C18H18BrClN2O4. The Balaban J connectivity index is 1.79. The zero-order valence-corrected chi connectivity index (χ0v) is 16.3. The predicted octanol–water partition coefficient (Wildman–Crippen LogP) is 3.49. The molecule has 2 aromatic carbocycles. The van der Waals surface area contributed by atoms with Crippen LogP contribution >= 0.6 is 27.5 Å². The topological polar surface area (TPSA) is 76.7 Å². The average molecular weight is 442 g/mol. The number of benzene rings is 2. The zero-order chi connectivity index (χ0) is 18.9. The molecule has 26 heavy (non-hydrogen) atoms. The summed E-state index contributed by atoms with van der Waals surface area (Å²) in [6.07, 6.45) is -0.269. The SMILES string of the molecule is CCC(Oc1ccccc1)C(=O)NNC(=O)COc1ccc(Cl)cc1Br. The Morgan fingerprint density at radius 3 is 2.54 bits per heavy atom. The summed E-state index contributed by atoms with van der Waals surface area (Å²) in [4.78, 5) is 24.0. The number of rotatable bonds is 7. The number of amides is 2. The minimum Gasteiger partial charge on any atom is -0.483 e. The van der Waals surface area contributed by atoms with Crippen molar-refractivity contribution in [2.75, 3.05) is 6.61 Å². The van der Waals surface area contributed by atoms with Crippen LogP contribution in [0.4, 0.5) is 0 Å². The first kappa shape index (κ1) is 20.1. The van der Waals surface area contributed by atoms with E-state index >= 15 is 0 Å². The van der Waals surface area contributed by atoms with Gasteiger partial charge in [0.1, 0.15) is 11.5 Å². The molecule has 138 valence electrons. The summed E-state index contributed by atoms with van der Waals surface area (Å²) in [6, 6.07) is 13.9. The molecule has 1 atom stereocenters. The lowest BCUT2D eigenvalue weighted by Crippen LogP contribution is -2.49. The molecule has 0 saturated heterocycles.